The minimum Gasteiger partial charge on any atom is -0.465 e. The number of ether oxygens (including phenoxy) is 1. The van der Waals surface area contributed by atoms with Gasteiger partial charge in [0.1, 0.15) is 11.6 Å². The molecule has 0 unspecified atom stereocenters. The molecule has 1 amide bonds. The summed E-state index contributed by atoms with van der Waals surface area (Å²) in [5, 5.41) is 12.8. The number of aryl methyl sites for hydroxylation is 1. The fourth-order valence-electron chi connectivity index (χ4n) is 3.26. The Morgan fingerprint density at radius 3 is 2.48 bits per heavy atom. The number of anilines is 1. The van der Waals surface area contributed by atoms with Crippen LogP contribution < -0.4 is 5.32 Å². The maximum absolute atomic E-state index is 12.6. The summed E-state index contributed by atoms with van der Waals surface area (Å²) in [6.45, 7) is 3.80. The number of methoxy groups -OCH3 is 1. The zero-order valence-electron chi connectivity index (χ0n) is 17.3. The third kappa shape index (κ3) is 4.85. The van der Waals surface area contributed by atoms with E-state index in [-0.39, 0.29) is 5.57 Å². The van der Waals surface area contributed by atoms with Crippen molar-refractivity contribution in [2.75, 3.05) is 12.4 Å². The Morgan fingerprint density at radius 2 is 1.84 bits per heavy atom. The zero-order valence-corrected chi connectivity index (χ0v) is 18.0. The van der Waals surface area contributed by atoms with Gasteiger partial charge in [-0.05, 0) is 74.0 Å². The number of benzene rings is 2. The van der Waals surface area contributed by atoms with Crippen molar-refractivity contribution in [1.82, 2.24) is 4.57 Å². The van der Waals surface area contributed by atoms with Gasteiger partial charge in [-0.25, -0.2) is 4.79 Å². The molecule has 0 bridgehead atoms. The van der Waals surface area contributed by atoms with E-state index in [1.807, 2.05) is 36.6 Å². The van der Waals surface area contributed by atoms with Gasteiger partial charge < -0.3 is 14.6 Å². The molecule has 0 aliphatic heterocycles. The van der Waals surface area contributed by atoms with E-state index in [1.165, 1.54) is 7.11 Å². The topological polar surface area (TPSA) is 84.1 Å². The maximum atomic E-state index is 12.6. The van der Waals surface area contributed by atoms with Crippen molar-refractivity contribution >= 4 is 35.2 Å². The van der Waals surface area contributed by atoms with Crippen LogP contribution in [0.3, 0.4) is 0 Å². The third-order valence-corrected chi connectivity index (χ3v) is 5.01. The van der Waals surface area contributed by atoms with E-state index in [4.69, 9.17) is 16.3 Å². The van der Waals surface area contributed by atoms with Crippen LogP contribution in [0.1, 0.15) is 27.3 Å². The van der Waals surface area contributed by atoms with Crippen molar-refractivity contribution in [3.8, 4) is 11.8 Å². The smallest absolute Gasteiger partial charge is 0.337 e. The van der Waals surface area contributed by atoms with Crippen LogP contribution in [0, 0.1) is 25.2 Å². The third-order valence-electron chi connectivity index (χ3n) is 4.76. The molecule has 1 aromatic heterocycles. The standard InChI is InChI=1S/C24H20ClN3O3/c1-15-11-18(12-19(14-26)23(29)27-21-9-7-20(25)8-10-21)16(2)28(15)22-6-4-5-17(13-22)24(30)31-3/h4-13H,1-3H3,(H,27,29)/b19-12-. The predicted molar refractivity (Wildman–Crippen MR) is 120 cm³/mol. The van der Waals surface area contributed by atoms with Gasteiger partial charge >= 0.3 is 5.97 Å². The summed E-state index contributed by atoms with van der Waals surface area (Å²) in [5.74, 6) is -0.933. The summed E-state index contributed by atoms with van der Waals surface area (Å²) in [5.41, 5.74) is 4.17. The minimum absolute atomic E-state index is 0.0292. The maximum Gasteiger partial charge on any atom is 0.337 e. The van der Waals surface area contributed by atoms with E-state index in [2.05, 4.69) is 5.32 Å². The Balaban J connectivity index is 1.94. The molecule has 0 aliphatic rings. The first-order chi connectivity index (χ1) is 14.8. The lowest BCUT2D eigenvalue weighted by Crippen LogP contribution is -2.13. The van der Waals surface area contributed by atoms with Crippen LogP contribution in [-0.4, -0.2) is 23.6 Å². The van der Waals surface area contributed by atoms with E-state index in [9.17, 15) is 14.9 Å². The lowest BCUT2D eigenvalue weighted by molar-refractivity contribution is -0.112. The molecule has 1 N–H and O–H groups in total. The van der Waals surface area contributed by atoms with Crippen LogP contribution in [0.5, 0.6) is 0 Å². The van der Waals surface area contributed by atoms with E-state index in [0.29, 0.717) is 16.3 Å². The van der Waals surface area contributed by atoms with Crippen LogP contribution in [0.25, 0.3) is 11.8 Å². The molecule has 6 nitrogen and oxygen atoms in total. The molecular formula is C24H20ClN3O3. The Morgan fingerprint density at radius 1 is 1.13 bits per heavy atom. The number of carbonyl (C=O) groups is 2. The second-order valence-electron chi connectivity index (χ2n) is 6.83. The number of amides is 1. The Hall–Kier alpha value is -3.82. The highest BCUT2D eigenvalue weighted by atomic mass is 35.5. The molecule has 3 aromatic rings. The number of carbonyl (C=O) groups excluding carboxylic acids is 2. The van der Waals surface area contributed by atoms with Crippen molar-refractivity contribution in [2.24, 2.45) is 0 Å². The van der Waals surface area contributed by atoms with Crippen LogP contribution in [-0.2, 0) is 9.53 Å². The Labute approximate surface area is 185 Å². The average Bonchev–Trinajstić information content (AvgIpc) is 3.05. The molecule has 2 aromatic carbocycles. The first-order valence-electron chi connectivity index (χ1n) is 9.40. The van der Waals surface area contributed by atoms with E-state index in [0.717, 1.165) is 22.6 Å². The molecule has 0 saturated heterocycles. The van der Waals surface area contributed by atoms with E-state index < -0.39 is 11.9 Å². The van der Waals surface area contributed by atoms with Gasteiger partial charge in [-0.3, -0.25) is 4.79 Å². The first-order valence-corrected chi connectivity index (χ1v) is 9.78. The highest BCUT2D eigenvalue weighted by Gasteiger charge is 2.15. The van der Waals surface area contributed by atoms with Crippen molar-refractivity contribution in [1.29, 1.82) is 5.26 Å². The molecule has 31 heavy (non-hydrogen) atoms. The van der Waals surface area contributed by atoms with E-state index >= 15 is 0 Å². The quantitative estimate of drug-likeness (QED) is 0.345. The van der Waals surface area contributed by atoms with Crippen LogP contribution >= 0.6 is 11.6 Å². The number of nitrogens with zero attached hydrogens (tertiary/aromatic N) is 2. The van der Waals surface area contributed by atoms with Gasteiger partial charge in [0.15, 0.2) is 0 Å². The fourth-order valence-corrected chi connectivity index (χ4v) is 3.38. The normalized spacial score (nSPS) is 11.0. The highest BCUT2D eigenvalue weighted by Crippen LogP contribution is 2.24. The highest BCUT2D eigenvalue weighted by molar-refractivity contribution is 6.30. The summed E-state index contributed by atoms with van der Waals surface area (Å²) >= 11 is 5.86. The summed E-state index contributed by atoms with van der Waals surface area (Å²) in [7, 11) is 1.34. The summed E-state index contributed by atoms with van der Waals surface area (Å²) in [6, 6.07) is 17.5. The van der Waals surface area contributed by atoms with Crippen LogP contribution in [0.15, 0.2) is 60.2 Å². The molecule has 0 spiro atoms. The average molecular weight is 434 g/mol. The number of hydrogen-bond acceptors (Lipinski definition) is 4. The van der Waals surface area contributed by atoms with Gasteiger partial charge in [0.25, 0.3) is 5.91 Å². The van der Waals surface area contributed by atoms with Crippen molar-refractivity contribution in [2.45, 2.75) is 13.8 Å². The molecule has 156 valence electrons. The largest absolute Gasteiger partial charge is 0.465 e. The molecule has 1 heterocycles. The lowest BCUT2D eigenvalue weighted by atomic mass is 10.1. The number of nitriles is 1. The fraction of sp³-hybridized carbons (Fsp3) is 0.125. The molecule has 3 rings (SSSR count). The molecular weight excluding hydrogens is 414 g/mol. The van der Waals surface area contributed by atoms with Gasteiger partial charge in [0, 0.05) is 27.8 Å². The number of halogens is 1. The summed E-state index contributed by atoms with van der Waals surface area (Å²) in [6.07, 6.45) is 1.55. The molecule has 0 aliphatic carbocycles. The molecule has 0 fully saturated rings. The van der Waals surface area contributed by atoms with Crippen molar-refractivity contribution in [3.05, 3.63) is 87.7 Å². The second-order valence-corrected chi connectivity index (χ2v) is 7.27. The SMILES string of the molecule is COC(=O)c1cccc(-n2c(C)cc(/C=C(/C#N)C(=O)Nc3ccc(Cl)cc3)c2C)c1. The monoisotopic (exact) mass is 433 g/mol. The van der Waals surface area contributed by atoms with Gasteiger partial charge in [0.2, 0.25) is 0 Å². The molecule has 0 radical (unpaired) electrons. The summed E-state index contributed by atoms with van der Waals surface area (Å²) < 4.78 is 6.74. The summed E-state index contributed by atoms with van der Waals surface area (Å²) in [4.78, 5) is 24.4. The minimum atomic E-state index is -0.512. The predicted octanol–water partition coefficient (Wildman–Crippen LogP) is 5.08. The lowest BCUT2D eigenvalue weighted by Gasteiger charge is -2.11. The van der Waals surface area contributed by atoms with E-state index in [1.54, 1.807) is 48.5 Å². The molecule has 0 atom stereocenters. The van der Waals surface area contributed by atoms with Crippen LogP contribution in [0.2, 0.25) is 5.02 Å². The van der Waals surface area contributed by atoms with Gasteiger partial charge in [-0.15, -0.1) is 0 Å². The molecule has 7 heteroatoms. The second kappa shape index (κ2) is 9.33. The molecule has 0 saturated carbocycles. The Bertz CT molecular complexity index is 1220. The van der Waals surface area contributed by atoms with Crippen molar-refractivity contribution in [3.63, 3.8) is 0 Å². The number of esters is 1. The number of rotatable bonds is 5. The van der Waals surface area contributed by atoms with Gasteiger partial charge in [-0.2, -0.15) is 5.26 Å². The van der Waals surface area contributed by atoms with Gasteiger partial charge in [0.05, 0.1) is 12.7 Å². The zero-order chi connectivity index (χ0) is 22.5. The number of hydrogen-bond donors (Lipinski definition) is 1. The van der Waals surface area contributed by atoms with Gasteiger partial charge in [-0.1, -0.05) is 17.7 Å². The number of aromatic nitrogens is 1. The first kappa shape index (κ1) is 21.9. The Kier molecular flexibility index (Phi) is 6.58. The number of nitrogens with one attached hydrogen (secondary N) is 1. The van der Waals surface area contributed by atoms with Crippen LogP contribution in [0.4, 0.5) is 5.69 Å². The van der Waals surface area contributed by atoms with Crippen molar-refractivity contribution < 1.29 is 14.3 Å².